The van der Waals surface area contributed by atoms with Gasteiger partial charge in [0.25, 0.3) is 5.91 Å². The molecule has 0 bridgehead atoms. The van der Waals surface area contributed by atoms with Gasteiger partial charge in [-0.15, -0.1) is 22.7 Å². The number of benzene rings is 2. The first-order valence-corrected chi connectivity index (χ1v) is 11.5. The van der Waals surface area contributed by atoms with Gasteiger partial charge in [-0.1, -0.05) is 60.1 Å². The molecule has 4 rings (SSSR count). The molecule has 1 N–H and O–H groups in total. The zero-order valence-corrected chi connectivity index (χ0v) is 18.5. The van der Waals surface area contributed by atoms with Crippen LogP contribution in [0.1, 0.15) is 27.0 Å². The van der Waals surface area contributed by atoms with Crippen molar-refractivity contribution >= 4 is 46.2 Å². The number of aromatic nitrogens is 1. The van der Waals surface area contributed by atoms with Crippen molar-refractivity contribution in [1.29, 1.82) is 0 Å². The maximum Gasteiger partial charge on any atom is 0.358 e. The monoisotopic (exact) mass is 468 g/mol. The van der Waals surface area contributed by atoms with Gasteiger partial charge in [0.2, 0.25) is 0 Å². The van der Waals surface area contributed by atoms with Crippen LogP contribution in [0.3, 0.4) is 0 Å². The van der Waals surface area contributed by atoms with E-state index in [0.29, 0.717) is 10.0 Å². The Morgan fingerprint density at radius 2 is 1.87 bits per heavy atom. The minimum atomic E-state index is -0.646. The highest BCUT2D eigenvalue weighted by Gasteiger charge is 2.20. The van der Waals surface area contributed by atoms with Crippen molar-refractivity contribution in [2.45, 2.75) is 6.04 Å². The Bertz CT molecular complexity index is 1180. The molecule has 1 atom stereocenters. The van der Waals surface area contributed by atoms with Gasteiger partial charge >= 0.3 is 5.97 Å². The Labute approximate surface area is 192 Å². The van der Waals surface area contributed by atoms with Crippen LogP contribution >= 0.6 is 34.3 Å². The lowest BCUT2D eigenvalue weighted by molar-refractivity contribution is -0.124. The third-order valence-electron chi connectivity index (χ3n) is 4.39. The number of halogens is 1. The van der Waals surface area contributed by atoms with Crippen LogP contribution in [-0.2, 0) is 9.53 Å². The van der Waals surface area contributed by atoms with E-state index < -0.39 is 12.6 Å². The summed E-state index contributed by atoms with van der Waals surface area (Å²) in [5.74, 6) is -1.03. The molecule has 2 aromatic heterocycles. The normalized spacial score (nSPS) is 11.6. The summed E-state index contributed by atoms with van der Waals surface area (Å²) in [6.07, 6.45) is 0. The standard InChI is InChI=1S/C23H17ClN2O3S2/c24-17-9-4-8-16(12-17)22-25-18(14-31-22)23(28)29-13-20(27)26-21(19-10-5-11-30-19)15-6-2-1-3-7-15/h1-12,14,21H,13H2,(H,26,27). The molecule has 0 aliphatic heterocycles. The smallest absolute Gasteiger partial charge is 0.358 e. The number of hydrogen-bond acceptors (Lipinski definition) is 6. The molecule has 0 aliphatic rings. The summed E-state index contributed by atoms with van der Waals surface area (Å²) < 4.78 is 5.19. The topological polar surface area (TPSA) is 68.3 Å². The van der Waals surface area contributed by atoms with Crippen molar-refractivity contribution in [1.82, 2.24) is 10.3 Å². The number of thiazole rings is 1. The zero-order chi connectivity index (χ0) is 21.6. The van der Waals surface area contributed by atoms with E-state index in [2.05, 4.69) is 10.3 Å². The molecule has 31 heavy (non-hydrogen) atoms. The summed E-state index contributed by atoms with van der Waals surface area (Å²) in [5.41, 5.74) is 1.93. The highest BCUT2D eigenvalue weighted by molar-refractivity contribution is 7.13. The first-order chi connectivity index (χ1) is 15.1. The lowest BCUT2D eigenvalue weighted by atomic mass is 10.1. The second kappa shape index (κ2) is 9.87. The third kappa shape index (κ3) is 5.38. The number of hydrogen-bond donors (Lipinski definition) is 1. The molecule has 4 aromatic rings. The molecule has 156 valence electrons. The molecule has 0 saturated carbocycles. The summed E-state index contributed by atoms with van der Waals surface area (Å²) >= 11 is 8.87. The number of rotatable bonds is 7. The number of thiophene rings is 1. The largest absolute Gasteiger partial charge is 0.451 e. The summed E-state index contributed by atoms with van der Waals surface area (Å²) in [7, 11) is 0. The maximum absolute atomic E-state index is 12.5. The van der Waals surface area contributed by atoms with E-state index in [9.17, 15) is 9.59 Å². The number of carbonyl (C=O) groups excluding carboxylic acids is 2. The van der Waals surface area contributed by atoms with E-state index in [1.165, 1.54) is 11.3 Å². The van der Waals surface area contributed by atoms with Crippen LogP contribution in [0.2, 0.25) is 5.02 Å². The van der Waals surface area contributed by atoms with E-state index in [0.717, 1.165) is 16.0 Å². The first-order valence-electron chi connectivity index (χ1n) is 9.36. The van der Waals surface area contributed by atoms with Crippen LogP contribution in [0.15, 0.2) is 77.5 Å². The highest BCUT2D eigenvalue weighted by atomic mass is 35.5. The van der Waals surface area contributed by atoms with Crippen LogP contribution in [0.25, 0.3) is 10.6 Å². The molecule has 0 spiro atoms. The minimum absolute atomic E-state index is 0.158. The molecule has 1 unspecified atom stereocenters. The SMILES string of the molecule is O=C(COC(=O)c1csc(-c2cccc(Cl)c2)n1)NC(c1ccccc1)c1cccs1. The van der Waals surface area contributed by atoms with Crippen molar-refractivity contribution < 1.29 is 14.3 Å². The van der Waals surface area contributed by atoms with Gasteiger partial charge in [0.1, 0.15) is 5.01 Å². The van der Waals surface area contributed by atoms with Crippen molar-refractivity contribution in [3.8, 4) is 10.6 Å². The Morgan fingerprint density at radius 3 is 2.61 bits per heavy atom. The van der Waals surface area contributed by atoms with Crippen molar-refractivity contribution in [2.75, 3.05) is 6.61 Å². The molecule has 0 fully saturated rings. The van der Waals surface area contributed by atoms with Crippen LogP contribution in [0.4, 0.5) is 0 Å². The predicted octanol–water partition coefficient (Wildman–Crippen LogP) is 5.59. The summed E-state index contributed by atoms with van der Waals surface area (Å²) in [6.45, 7) is -0.391. The van der Waals surface area contributed by atoms with Gasteiger partial charge in [-0.25, -0.2) is 9.78 Å². The van der Waals surface area contributed by atoms with Crippen LogP contribution in [0, 0.1) is 0 Å². The Kier molecular flexibility index (Phi) is 6.76. The second-order valence-electron chi connectivity index (χ2n) is 6.55. The van der Waals surface area contributed by atoms with Gasteiger partial charge in [0.15, 0.2) is 12.3 Å². The average molecular weight is 469 g/mol. The van der Waals surface area contributed by atoms with Gasteiger partial charge < -0.3 is 10.1 Å². The van der Waals surface area contributed by atoms with Crippen LogP contribution < -0.4 is 5.32 Å². The maximum atomic E-state index is 12.5. The van der Waals surface area contributed by atoms with E-state index in [1.54, 1.807) is 28.8 Å². The molecule has 2 heterocycles. The molecule has 0 radical (unpaired) electrons. The first kappa shape index (κ1) is 21.2. The average Bonchev–Trinajstić information content (AvgIpc) is 3.49. The molecule has 2 aromatic carbocycles. The highest BCUT2D eigenvalue weighted by Crippen LogP contribution is 2.27. The van der Waals surface area contributed by atoms with E-state index >= 15 is 0 Å². The fourth-order valence-corrected chi connectivity index (χ4v) is 4.73. The van der Waals surface area contributed by atoms with Crippen molar-refractivity contribution in [3.63, 3.8) is 0 Å². The van der Waals surface area contributed by atoms with E-state index in [-0.39, 0.29) is 17.6 Å². The van der Waals surface area contributed by atoms with Crippen LogP contribution in [-0.4, -0.2) is 23.5 Å². The fraction of sp³-hybridized carbons (Fsp3) is 0.0870. The number of amides is 1. The minimum Gasteiger partial charge on any atom is -0.451 e. The second-order valence-corrected chi connectivity index (χ2v) is 8.82. The van der Waals surface area contributed by atoms with Crippen molar-refractivity contribution in [2.24, 2.45) is 0 Å². The predicted molar refractivity (Wildman–Crippen MR) is 124 cm³/mol. The molecule has 0 aliphatic carbocycles. The lowest BCUT2D eigenvalue weighted by Crippen LogP contribution is -2.32. The van der Waals surface area contributed by atoms with Crippen LogP contribution in [0.5, 0.6) is 0 Å². The molecule has 5 nitrogen and oxygen atoms in total. The summed E-state index contributed by atoms with van der Waals surface area (Å²) in [6, 6.07) is 20.5. The molecule has 1 amide bonds. The molecular formula is C23H17ClN2O3S2. The van der Waals surface area contributed by atoms with Gasteiger partial charge in [-0.3, -0.25) is 4.79 Å². The molecule has 0 saturated heterocycles. The number of nitrogens with zero attached hydrogens (tertiary/aromatic N) is 1. The van der Waals surface area contributed by atoms with Gasteiger partial charge in [0, 0.05) is 20.8 Å². The quantitative estimate of drug-likeness (QED) is 0.359. The molecule has 8 heteroatoms. The molecular weight excluding hydrogens is 452 g/mol. The van der Waals surface area contributed by atoms with E-state index in [4.69, 9.17) is 16.3 Å². The number of nitrogens with one attached hydrogen (secondary N) is 1. The fourth-order valence-electron chi connectivity index (χ4n) is 2.95. The Hall–Kier alpha value is -3.00. The lowest BCUT2D eigenvalue weighted by Gasteiger charge is -2.18. The number of carbonyl (C=O) groups is 2. The van der Waals surface area contributed by atoms with Gasteiger partial charge in [-0.05, 0) is 29.1 Å². The number of esters is 1. The van der Waals surface area contributed by atoms with Gasteiger partial charge in [-0.2, -0.15) is 0 Å². The number of ether oxygens (including phenoxy) is 1. The Morgan fingerprint density at radius 1 is 1.03 bits per heavy atom. The third-order valence-corrected chi connectivity index (χ3v) is 6.45. The summed E-state index contributed by atoms with van der Waals surface area (Å²) in [5, 5.41) is 7.75. The van der Waals surface area contributed by atoms with Crippen molar-refractivity contribution in [3.05, 3.63) is 98.6 Å². The summed E-state index contributed by atoms with van der Waals surface area (Å²) in [4.78, 5) is 30.2. The van der Waals surface area contributed by atoms with E-state index in [1.807, 2.05) is 60.0 Å². The van der Waals surface area contributed by atoms with Gasteiger partial charge in [0.05, 0.1) is 6.04 Å². The zero-order valence-electron chi connectivity index (χ0n) is 16.2. The Balaban J connectivity index is 1.38.